The molecule has 0 radical (unpaired) electrons. The molecule has 0 spiro atoms. The number of carbonyl (C=O) groups is 2. The summed E-state index contributed by atoms with van der Waals surface area (Å²) in [7, 11) is -2.22. The highest BCUT2D eigenvalue weighted by molar-refractivity contribution is 7.89. The van der Waals surface area contributed by atoms with Gasteiger partial charge in [-0.25, -0.2) is 13.2 Å². The highest BCUT2D eigenvalue weighted by atomic mass is 32.2. The summed E-state index contributed by atoms with van der Waals surface area (Å²) in [5.74, 6) is 1.89. The molecule has 1 aromatic carbocycles. The number of fused-ring (bicyclic) bond motifs is 2. The van der Waals surface area contributed by atoms with Crippen LogP contribution in [-0.4, -0.2) is 57.4 Å². The van der Waals surface area contributed by atoms with Crippen LogP contribution >= 0.6 is 0 Å². The van der Waals surface area contributed by atoms with Gasteiger partial charge >= 0.3 is 6.03 Å². The van der Waals surface area contributed by atoms with Gasteiger partial charge in [0.15, 0.2) is 0 Å². The number of nitrogens with one attached hydrogen (secondary N) is 3. The predicted octanol–water partition coefficient (Wildman–Crippen LogP) is 3.32. The first-order valence-electron chi connectivity index (χ1n) is 12.8. The van der Waals surface area contributed by atoms with Gasteiger partial charge in [0.2, 0.25) is 15.9 Å². The molecule has 0 aromatic heterocycles. The third-order valence-electron chi connectivity index (χ3n) is 7.85. The second-order valence-electron chi connectivity index (χ2n) is 10.2. The summed E-state index contributed by atoms with van der Waals surface area (Å²) in [5, 5.41) is 8.28. The lowest BCUT2D eigenvalue weighted by Crippen LogP contribution is -2.47. The molecule has 3 amide bonds. The molecule has 9 nitrogen and oxygen atoms in total. The number of carbonyl (C=O) groups excluding carboxylic acids is 2. The summed E-state index contributed by atoms with van der Waals surface area (Å²) >= 11 is 0. The molecule has 0 unspecified atom stereocenters. The molecule has 10 heteroatoms. The number of urea groups is 1. The fourth-order valence-electron chi connectivity index (χ4n) is 6.00. The van der Waals surface area contributed by atoms with E-state index in [0.717, 1.165) is 31.6 Å². The third kappa shape index (κ3) is 6.09. The summed E-state index contributed by atoms with van der Waals surface area (Å²) in [4.78, 5) is 25.1. The van der Waals surface area contributed by atoms with Crippen LogP contribution in [0.4, 0.5) is 10.5 Å². The van der Waals surface area contributed by atoms with E-state index in [1.54, 1.807) is 0 Å². The van der Waals surface area contributed by atoms with Crippen LogP contribution in [0, 0.1) is 17.8 Å². The summed E-state index contributed by atoms with van der Waals surface area (Å²) in [6.07, 6.45) is 8.73. The van der Waals surface area contributed by atoms with E-state index in [1.165, 1.54) is 55.3 Å². The van der Waals surface area contributed by atoms with Crippen LogP contribution in [0.3, 0.4) is 0 Å². The van der Waals surface area contributed by atoms with E-state index in [0.29, 0.717) is 30.7 Å². The van der Waals surface area contributed by atoms with Gasteiger partial charge in [-0.1, -0.05) is 19.3 Å². The third-order valence-corrected chi connectivity index (χ3v) is 9.75. The van der Waals surface area contributed by atoms with Crippen LogP contribution < -0.4 is 20.7 Å². The fourth-order valence-corrected chi connectivity index (χ4v) is 7.55. The van der Waals surface area contributed by atoms with Gasteiger partial charge in [-0.3, -0.25) is 4.79 Å². The number of sulfonamides is 1. The van der Waals surface area contributed by atoms with Crippen LogP contribution in [0.2, 0.25) is 0 Å². The van der Waals surface area contributed by atoms with Gasteiger partial charge in [-0.15, -0.1) is 0 Å². The first-order chi connectivity index (χ1) is 16.8. The average Bonchev–Trinajstić information content (AvgIpc) is 3.37. The van der Waals surface area contributed by atoms with Crippen molar-refractivity contribution in [3.8, 4) is 5.75 Å². The van der Waals surface area contributed by atoms with Crippen LogP contribution in [0.5, 0.6) is 5.75 Å². The Morgan fingerprint density at radius 2 is 1.86 bits per heavy atom. The molecular formula is C25H38N4O5S. The Labute approximate surface area is 208 Å². The van der Waals surface area contributed by atoms with Gasteiger partial charge in [0, 0.05) is 19.1 Å². The Morgan fingerprint density at radius 1 is 1.11 bits per heavy atom. The standard InChI is InChI=1S/C25H38N4O5S/c1-17(21-14-18-7-8-19(21)13-18)27-25(31)26-16-24(30)28-22-15-20(9-10-23(22)34-2)35(32,33)29-11-5-3-4-6-12-29/h9-10,15,17-19,21H,3-8,11-14,16H2,1-2H3,(H,28,30)(H2,26,27,31)/t17-,18-,19-,21+/m0/s1. The molecule has 4 atom stereocenters. The highest BCUT2D eigenvalue weighted by Gasteiger charge is 2.42. The lowest BCUT2D eigenvalue weighted by molar-refractivity contribution is -0.115. The summed E-state index contributed by atoms with van der Waals surface area (Å²) in [5.41, 5.74) is 0.256. The second-order valence-corrected chi connectivity index (χ2v) is 12.1. The van der Waals surface area contributed by atoms with Crippen LogP contribution in [0.1, 0.15) is 58.3 Å². The Balaban J connectivity index is 1.33. The van der Waals surface area contributed by atoms with E-state index in [2.05, 4.69) is 16.0 Å². The molecule has 1 saturated heterocycles. The van der Waals surface area contributed by atoms with E-state index >= 15 is 0 Å². The monoisotopic (exact) mass is 506 g/mol. The van der Waals surface area contributed by atoms with Gasteiger partial charge in [0.25, 0.3) is 0 Å². The first kappa shape index (κ1) is 25.8. The predicted molar refractivity (Wildman–Crippen MR) is 134 cm³/mol. The van der Waals surface area contributed by atoms with Gasteiger partial charge in [-0.05, 0) is 75.0 Å². The minimum absolute atomic E-state index is 0.0642. The van der Waals surface area contributed by atoms with Crippen LogP contribution in [0.25, 0.3) is 0 Å². The Bertz CT molecular complexity index is 1020. The minimum atomic E-state index is -3.67. The lowest BCUT2D eigenvalue weighted by atomic mass is 9.84. The van der Waals surface area contributed by atoms with Crippen molar-refractivity contribution in [3.05, 3.63) is 18.2 Å². The number of rotatable bonds is 8. The molecule has 194 valence electrons. The molecule has 2 saturated carbocycles. The maximum Gasteiger partial charge on any atom is 0.315 e. The van der Waals surface area contributed by atoms with Crippen molar-refractivity contribution in [1.29, 1.82) is 0 Å². The maximum atomic E-state index is 13.2. The molecule has 3 N–H and O–H groups in total. The van der Waals surface area contributed by atoms with Crippen LogP contribution in [0.15, 0.2) is 23.1 Å². The molecule has 3 fully saturated rings. The quantitative estimate of drug-likeness (QED) is 0.500. The zero-order chi connectivity index (χ0) is 25.0. The number of methoxy groups -OCH3 is 1. The Kier molecular flexibility index (Phi) is 8.21. The Hall–Kier alpha value is -2.33. The van der Waals surface area contributed by atoms with Crippen molar-refractivity contribution in [2.45, 2.75) is 69.2 Å². The molecule has 4 rings (SSSR count). The number of benzene rings is 1. The molecule has 2 bridgehead atoms. The molecule has 1 aromatic rings. The SMILES string of the molecule is COc1ccc(S(=O)(=O)N2CCCCCC2)cc1NC(=O)CNC(=O)N[C@@H](C)[C@H]1C[C@H]2CC[C@H]1C2. The number of nitrogens with zero attached hydrogens (tertiary/aromatic N) is 1. The van der Waals surface area contributed by atoms with Crippen molar-refractivity contribution in [3.63, 3.8) is 0 Å². The maximum absolute atomic E-state index is 13.2. The largest absolute Gasteiger partial charge is 0.495 e. The lowest BCUT2D eigenvalue weighted by Gasteiger charge is -2.28. The topological polar surface area (TPSA) is 117 Å². The fraction of sp³-hybridized carbons (Fsp3) is 0.680. The molecule has 3 aliphatic rings. The van der Waals surface area contributed by atoms with Gasteiger partial charge < -0.3 is 20.7 Å². The average molecular weight is 507 g/mol. The van der Waals surface area contributed by atoms with E-state index in [1.807, 2.05) is 6.92 Å². The summed E-state index contributed by atoms with van der Waals surface area (Å²) in [6, 6.07) is 4.15. The molecular weight excluding hydrogens is 468 g/mol. The summed E-state index contributed by atoms with van der Waals surface area (Å²) < 4.78 is 33.1. The highest BCUT2D eigenvalue weighted by Crippen LogP contribution is 2.49. The van der Waals surface area contributed by atoms with Gasteiger partial charge in [0.05, 0.1) is 24.2 Å². The second kappa shape index (κ2) is 11.2. The van der Waals surface area contributed by atoms with Gasteiger partial charge in [-0.2, -0.15) is 4.31 Å². The molecule has 35 heavy (non-hydrogen) atoms. The van der Waals surface area contributed by atoms with Crippen molar-refractivity contribution in [2.75, 3.05) is 32.1 Å². The van der Waals surface area contributed by atoms with E-state index in [4.69, 9.17) is 4.74 Å². The van der Waals surface area contributed by atoms with Gasteiger partial charge in [0.1, 0.15) is 5.75 Å². The molecule has 1 aliphatic heterocycles. The number of hydrogen-bond acceptors (Lipinski definition) is 5. The number of anilines is 1. The smallest absolute Gasteiger partial charge is 0.315 e. The summed E-state index contributed by atoms with van der Waals surface area (Å²) in [6.45, 7) is 2.79. The van der Waals surface area contributed by atoms with Crippen LogP contribution in [-0.2, 0) is 14.8 Å². The van der Waals surface area contributed by atoms with Crippen molar-refractivity contribution in [1.82, 2.24) is 14.9 Å². The minimum Gasteiger partial charge on any atom is -0.495 e. The molecule has 2 aliphatic carbocycles. The van der Waals surface area contributed by atoms with Crippen molar-refractivity contribution < 1.29 is 22.7 Å². The Morgan fingerprint density at radius 3 is 2.49 bits per heavy atom. The van der Waals surface area contributed by atoms with Crippen molar-refractivity contribution in [2.24, 2.45) is 17.8 Å². The molecule has 1 heterocycles. The van der Waals surface area contributed by atoms with E-state index < -0.39 is 15.9 Å². The van der Waals surface area contributed by atoms with E-state index in [9.17, 15) is 18.0 Å². The number of hydrogen-bond donors (Lipinski definition) is 3. The first-order valence-corrected chi connectivity index (χ1v) is 14.2. The zero-order valence-corrected chi connectivity index (χ0v) is 21.5. The number of ether oxygens (including phenoxy) is 1. The number of amides is 3. The zero-order valence-electron chi connectivity index (χ0n) is 20.7. The normalized spacial score (nSPS) is 25.5. The van der Waals surface area contributed by atoms with Crippen molar-refractivity contribution >= 4 is 27.6 Å². The van der Waals surface area contributed by atoms with E-state index in [-0.39, 0.29) is 29.2 Å².